The number of hydrogen-bond donors (Lipinski definition) is 1. The fraction of sp³-hybridized carbons (Fsp3) is 0.440. The zero-order valence-electron chi connectivity index (χ0n) is 20.8. The Balaban J connectivity index is 2.15. The molecule has 0 bridgehead atoms. The first-order chi connectivity index (χ1) is 16.8. The molecule has 36 heavy (non-hydrogen) atoms. The number of halogens is 3. The van der Waals surface area contributed by atoms with Crippen molar-refractivity contribution in [1.82, 2.24) is 10.3 Å². The van der Waals surface area contributed by atoms with E-state index < -0.39 is 53.6 Å². The number of hydrogen-bond acceptors (Lipinski definition) is 7. The summed E-state index contributed by atoms with van der Waals surface area (Å²) in [6, 6.07) is 5.27. The van der Waals surface area contributed by atoms with Crippen molar-refractivity contribution in [2.45, 2.75) is 58.9 Å². The maximum absolute atomic E-state index is 13.4. The largest absolute Gasteiger partial charge is 0.493 e. The van der Waals surface area contributed by atoms with E-state index in [1.54, 1.807) is 13.8 Å². The van der Waals surface area contributed by atoms with Crippen LogP contribution in [0.4, 0.5) is 13.2 Å². The summed E-state index contributed by atoms with van der Waals surface area (Å²) in [4.78, 5) is 41.5. The molecule has 0 aliphatic heterocycles. The number of nitrogens with zero attached hydrogens (tertiary/aromatic N) is 1. The molecule has 1 heterocycles. The minimum Gasteiger partial charge on any atom is -0.493 e. The summed E-state index contributed by atoms with van der Waals surface area (Å²) in [5, 5.41) is 2.41. The lowest BCUT2D eigenvalue weighted by Crippen LogP contribution is -2.41. The first-order valence-corrected chi connectivity index (χ1v) is 11.2. The molecule has 0 spiro atoms. The van der Waals surface area contributed by atoms with E-state index in [4.69, 9.17) is 14.2 Å². The minimum absolute atomic E-state index is 0.0146. The van der Waals surface area contributed by atoms with Gasteiger partial charge < -0.3 is 19.5 Å². The number of nitrogens with one attached hydrogen (secondary N) is 1. The number of carbonyl (C=O) groups excluding carboxylic acids is 3. The van der Waals surface area contributed by atoms with Crippen molar-refractivity contribution in [3.05, 3.63) is 53.3 Å². The van der Waals surface area contributed by atoms with Crippen LogP contribution in [0.15, 0.2) is 36.5 Å². The monoisotopic (exact) mass is 510 g/mol. The van der Waals surface area contributed by atoms with Gasteiger partial charge in [-0.05, 0) is 25.5 Å². The number of pyridine rings is 1. The molecule has 8 nitrogen and oxygen atoms in total. The van der Waals surface area contributed by atoms with E-state index in [9.17, 15) is 27.6 Å². The number of alkyl halides is 3. The van der Waals surface area contributed by atoms with Crippen LogP contribution in [0.25, 0.3) is 0 Å². The highest BCUT2D eigenvalue weighted by atomic mass is 19.4. The van der Waals surface area contributed by atoms with Gasteiger partial charge in [0.1, 0.15) is 12.1 Å². The molecule has 1 aromatic carbocycles. The topological polar surface area (TPSA) is 104 Å². The van der Waals surface area contributed by atoms with Crippen molar-refractivity contribution in [3.8, 4) is 11.5 Å². The Labute approximate surface area is 207 Å². The highest BCUT2D eigenvalue weighted by Gasteiger charge is 2.36. The third-order valence-corrected chi connectivity index (χ3v) is 5.44. The molecule has 2 aromatic rings. The smallest absolute Gasteiger partial charge is 0.416 e. The van der Waals surface area contributed by atoms with Gasteiger partial charge in [-0.25, -0.2) is 9.78 Å². The molecule has 1 aromatic heterocycles. The van der Waals surface area contributed by atoms with E-state index in [1.165, 1.54) is 58.3 Å². The van der Waals surface area contributed by atoms with Gasteiger partial charge in [-0.3, -0.25) is 9.59 Å². The average Bonchev–Trinajstić information content (AvgIpc) is 2.82. The van der Waals surface area contributed by atoms with Crippen LogP contribution in [0.5, 0.6) is 11.5 Å². The molecule has 0 saturated carbocycles. The van der Waals surface area contributed by atoms with Gasteiger partial charge in [-0.2, -0.15) is 13.2 Å². The Morgan fingerprint density at radius 2 is 1.61 bits per heavy atom. The zero-order chi connectivity index (χ0) is 27.2. The Morgan fingerprint density at radius 3 is 2.19 bits per heavy atom. The predicted molar refractivity (Wildman–Crippen MR) is 124 cm³/mol. The molecule has 3 unspecified atom stereocenters. The van der Waals surface area contributed by atoms with Gasteiger partial charge in [0.25, 0.3) is 5.91 Å². The quantitative estimate of drug-likeness (QED) is 0.495. The summed E-state index contributed by atoms with van der Waals surface area (Å²) < 4.78 is 55.9. The minimum atomic E-state index is -4.56. The Hall–Kier alpha value is -3.63. The first kappa shape index (κ1) is 28.6. The molecular weight excluding hydrogens is 481 g/mol. The summed E-state index contributed by atoms with van der Waals surface area (Å²) in [7, 11) is 1.32. The van der Waals surface area contributed by atoms with E-state index in [-0.39, 0.29) is 22.8 Å². The molecule has 1 N–H and O–H groups in total. The van der Waals surface area contributed by atoms with Crippen molar-refractivity contribution in [3.63, 3.8) is 0 Å². The molecule has 1 amide bonds. The normalized spacial score (nSPS) is 13.9. The van der Waals surface area contributed by atoms with Gasteiger partial charge in [0.2, 0.25) is 5.75 Å². The number of amides is 1. The molecule has 11 heteroatoms. The second kappa shape index (κ2) is 11.9. The molecule has 0 radical (unpaired) electrons. The third-order valence-electron chi connectivity index (χ3n) is 5.44. The summed E-state index contributed by atoms with van der Waals surface area (Å²) in [5.41, 5.74) is -1.11. The highest BCUT2D eigenvalue weighted by molar-refractivity contribution is 5.98. The van der Waals surface area contributed by atoms with Crippen LogP contribution in [0.2, 0.25) is 0 Å². The molecule has 0 aliphatic rings. The highest BCUT2D eigenvalue weighted by Crippen LogP contribution is 2.36. The molecular formula is C25H29F3N2O6. The predicted octanol–water partition coefficient (Wildman–Crippen LogP) is 4.52. The number of esters is 2. The lowest BCUT2D eigenvalue weighted by atomic mass is 9.91. The number of aromatic nitrogens is 1. The van der Waals surface area contributed by atoms with Gasteiger partial charge in [0, 0.05) is 18.2 Å². The second-order valence-corrected chi connectivity index (χ2v) is 8.48. The molecule has 0 saturated heterocycles. The molecule has 0 fully saturated rings. The maximum atomic E-state index is 13.4. The first-order valence-electron chi connectivity index (χ1n) is 11.2. The summed E-state index contributed by atoms with van der Waals surface area (Å²) in [6.07, 6.45) is -4.22. The maximum Gasteiger partial charge on any atom is 0.416 e. The van der Waals surface area contributed by atoms with E-state index in [0.29, 0.717) is 0 Å². The van der Waals surface area contributed by atoms with Gasteiger partial charge >= 0.3 is 18.1 Å². The van der Waals surface area contributed by atoms with Crippen molar-refractivity contribution < 1.29 is 41.8 Å². The van der Waals surface area contributed by atoms with E-state index in [1.807, 2.05) is 0 Å². The SMILES string of the molecule is COc1ccnc(C(=O)NC(C)C(=O)OC(C)C(C)c2ccccc2C(F)(F)F)c1OC(=O)C(C)C. The lowest BCUT2D eigenvalue weighted by Gasteiger charge is -2.25. The Morgan fingerprint density at radius 1 is 0.972 bits per heavy atom. The van der Waals surface area contributed by atoms with Crippen LogP contribution >= 0.6 is 0 Å². The summed E-state index contributed by atoms with van der Waals surface area (Å²) >= 11 is 0. The van der Waals surface area contributed by atoms with E-state index >= 15 is 0 Å². The van der Waals surface area contributed by atoms with Crippen molar-refractivity contribution in [1.29, 1.82) is 0 Å². The van der Waals surface area contributed by atoms with Gasteiger partial charge in [0.05, 0.1) is 18.6 Å². The number of ether oxygens (including phenoxy) is 3. The fourth-order valence-electron chi connectivity index (χ4n) is 3.19. The van der Waals surface area contributed by atoms with Crippen LogP contribution in [-0.4, -0.2) is 42.1 Å². The number of rotatable bonds is 9. The average molecular weight is 511 g/mol. The Kier molecular flexibility index (Phi) is 9.43. The van der Waals surface area contributed by atoms with Crippen LogP contribution in [0.3, 0.4) is 0 Å². The lowest BCUT2D eigenvalue weighted by molar-refractivity contribution is -0.151. The van der Waals surface area contributed by atoms with Crippen molar-refractivity contribution >= 4 is 17.8 Å². The van der Waals surface area contributed by atoms with Gasteiger partial charge in [0.15, 0.2) is 11.4 Å². The molecule has 196 valence electrons. The van der Waals surface area contributed by atoms with Crippen molar-refractivity contribution in [2.24, 2.45) is 5.92 Å². The van der Waals surface area contributed by atoms with Crippen LogP contribution in [0, 0.1) is 5.92 Å². The second-order valence-electron chi connectivity index (χ2n) is 8.48. The number of methoxy groups -OCH3 is 1. The molecule has 0 aliphatic carbocycles. The summed E-state index contributed by atoms with van der Waals surface area (Å²) in [5.74, 6) is -3.72. The standard InChI is InChI=1S/C25H29F3N2O6/c1-13(2)23(32)36-21-19(34-6)11-12-29-20(21)22(31)30-15(4)24(33)35-16(5)14(3)17-9-7-8-10-18(17)25(26,27)28/h7-16H,1-6H3,(H,30,31). The van der Waals surface area contributed by atoms with Crippen LogP contribution in [0.1, 0.15) is 62.2 Å². The number of benzene rings is 1. The molecule has 3 atom stereocenters. The van der Waals surface area contributed by atoms with E-state index in [0.717, 1.165) is 6.07 Å². The Bertz CT molecular complexity index is 1100. The number of carbonyl (C=O) groups is 3. The summed E-state index contributed by atoms with van der Waals surface area (Å²) in [6.45, 7) is 7.55. The van der Waals surface area contributed by atoms with Crippen molar-refractivity contribution in [2.75, 3.05) is 7.11 Å². The molecule has 2 rings (SSSR count). The van der Waals surface area contributed by atoms with Gasteiger partial charge in [-0.15, -0.1) is 0 Å². The van der Waals surface area contributed by atoms with Crippen LogP contribution in [-0.2, 0) is 20.5 Å². The zero-order valence-corrected chi connectivity index (χ0v) is 20.8. The van der Waals surface area contributed by atoms with E-state index in [2.05, 4.69) is 10.3 Å². The van der Waals surface area contributed by atoms with Gasteiger partial charge in [-0.1, -0.05) is 39.0 Å². The third kappa shape index (κ3) is 6.96. The van der Waals surface area contributed by atoms with Crippen LogP contribution < -0.4 is 14.8 Å². The fourth-order valence-corrected chi connectivity index (χ4v) is 3.19.